The molecule has 0 bridgehead atoms. The number of rotatable bonds is 2. The summed E-state index contributed by atoms with van der Waals surface area (Å²) in [6.45, 7) is 0. The van der Waals surface area contributed by atoms with Gasteiger partial charge in [0.2, 0.25) is 0 Å². The minimum atomic E-state index is -5.08. The predicted octanol–water partition coefficient (Wildman–Crippen LogP) is 0.680. The zero-order valence-electron chi connectivity index (χ0n) is 15.0. The van der Waals surface area contributed by atoms with Crippen LogP contribution in [0.25, 0.3) is 0 Å². The standard InChI is InChI=1S/C16H15F3N8O2/c1-29-11-5-3-2-4-9(11)10-7-15(28,16(17,18)19)27(25-10)14-24-23-12(20)6-13-21-8-22-26(13)14/h2-5,8,28H,6-7H2,1H3,(H2,20,23)/t15-/m1/s1. The molecule has 3 heterocycles. The topological polar surface area (TPSA) is 127 Å². The molecule has 0 aliphatic carbocycles. The third-order valence-corrected chi connectivity index (χ3v) is 4.46. The third-order valence-electron chi connectivity index (χ3n) is 4.46. The Morgan fingerprint density at radius 2 is 2.00 bits per heavy atom. The maximum absolute atomic E-state index is 13.9. The highest BCUT2D eigenvalue weighted by Crippen LogP contribution is 2.42. The van der Waals surface area contributed by atoms with Crippen LogP contribution in [0, 0.1) is 0 Å². The first kappa shape index (κ1) is 18.9. The molecule has 13 heteroatoms. The van der Waals surface area contributed by atoms with Gasteiger partial charge in [0.1, 0.15) is 23.7 Å². The SMILES string of the molecule is COc1ccccc1C1=NN(C2=NN=C(N)Cc3ncnn32)[C@](O)(C(F)(F)F)C1. The Balaban J connectivity index is 1.88. The highest BCUT2D eigenvalue weighted by Gasteiger charge is 2.63. The molecule has 0 unspecified atom stereocenters. The van der Waals surface area contributed by atoms with E-state index in [4.69, 9.17) is 10.5 Å². The molecule has 1 aromatic heterocycles. The Morgan fingerprint density at radius 1 is 1.24 bits per heavy atom. The molecule has 1 atom stereocenters. The van der Waals surface area contributed by atoms with E-state index in [2.05, 4.69) is 25.4 Å². The number of nitrogens with zero attached hydrogens (tertiary/aromatic N) is 7. The summed E-state index contributed by atoms with van der Waals surface area (Å²) in [6, 6.07) is 6.42. The lowest BCUT2D eigenvalue weighted by Gasteiger charge is -2.33. The van der Waals surface area contributed by atoms with Crippen molar-refractivity contribution in [3.8, 4) is 5.75 Å². The van der Waals surface area contributed by atoms with Crippen LogP contribution in [-0.4, -0.2) is 61.4 Å². The number of hydrazone groups is 1. The summed E-state index contributed by atoms with van der Waals surface area (Å²) in [5.41, 5.74) is 2.55. The van der Waals surface area contributed by atoms with Gasteiger partial charge in [-0.3, -0.25) is 0 Å². The summed E-state index contributed by atoms with van der Waals surface area (Å²) >= 11 is 0. The number of hydrogen-bond acceptors (Lipinski definition) is 9. The lowest BCUT2D eigenvalue weighted by Crippen LogP contribution is -2.58. The Bertz CT molecular complexity index is 1040. The molecule has 29 heavy (non-hydrogen) atoms. The van der Waals surface area contributed by atoms with E-state index < -0.39 is 24.3 Å². The van der Waals surface area contributed by atoms with Gasteiger partial charge in [0.05, 0.1) is 25.7 Å². The van der Waals surface area contributed by atoms with Crippen molar-refractivity contribution in [3.63, 3.8) is 0 Å². The number of nitrogens with two attached hydrogens (primary N) is 1. The maximum atomic E-state index is 13.9. The molecule has 0 radical (unpaired) electrons. The van der Waals surface area contributed by atoms with E-state index in [1.54, 1.807) is 24.3 Å². The van der Waals surface area contributed by atoms with Gasteiger partial charge in [-0.05, 0) is 12.1 Å². The largest absolute Gasteiger partial charge is 0.496 e. The Morgan fingerprint density at radius 3 is 2.72 bits per heavy atom. The van der Waals surface area contributed by atoms with Crippen molar-refractivity contribution in [2.45, 2.75) is 24.7 Å². The van der Waals surface area contributed by atoms with E-state index >= 15 is 0 Å². The average molecular weight is 408 g/mol. The lowest BCUT2D eigenvalue weighted by molar-refractivity contribution is -0.295. The summed E-state index contributed by atoms with van der Waals surface area (Å²) in [6.07, 6.45) is -4.78. The van der Waals surface area contributed by atoms with Crippen LogP contribution in [0.15, 0.2) is 45.9 Å². The molecule has 0 saturated heterocycles. The highest BCUT2D eigenvalue weighted by atomic mass is 19.4. The summed E-state index contributed by atoms with van der Waals surface area (Å²) in [5.74, 6) is 0.0534. The van der Waals surface area contributed by atoms with Gasteiger partial charge in [-0.15, -0.1) is 10.2 Å². The van der Waals surface area contributed by atoms with Crippen LogP contribution in [0.4, 0.5) is 13.2 Å². The molecule has 1 aromatic carbocycles. The number of ether oxygens (including phenoxy) is 1. The van der Waals surface area contributed by atoms with E-state index in [-0.39, 0.29) is 23.8 Å². The fraction of sp³-hybridized carbons (Fsp3) is 0.312. The van der Waals surface area contributed by atoms with Gasteiger partial charge in [0, 0.05) is 5.56 Å². The summed E-state index contributed by atoms with van der Waals surface area (Å²) in [4.78, 5) is 3.96. The quantitative estimate of drug-likeness (QED) is 0.753. The highest BCUT2D eigenvalue weighted by molar-refractivity contribution is 6.06. The van der Waals surface area contributed by atoms with Crippen molar-refractivity contribution < 1.29 is 23.0 Å². The van der Waals surface area contributed by atoms with Crippen LogP contribution >= 0.6 is 0 Å². The van der Waals surface area contributed by atoms with Crippen LogP contribution in [0.5, 0.6) is 5.75 Å². The molecule has 0 amide bonds. The molecule has 4 rings (SSSR count). The van der Waals surface area contributed by atoms with Crippen molar-refractivity contribution in [2.75, 3.05) is 7.11 Å². The fourth-order valence-electron chi connectivity index (χ4n) is 3.04. The van der Waals surface area contributed by atoms with Gasteiger partial charge in [-0.2, -0.15) is 33.1 Å². The first-order valence-corrected chi connectivity index (χ1v) is 8.34. The predicted molar refractivity (Wildman–Crippen MR) is 95.2 cm³/mol. The number of alkyl halides is 3. The number of hydrogen-bond donors (Lipinski definition) is 2. The summed E-state index contributed by atoms with van der Waals surface area (Å²) in [7, 11) is 1.39. The minimum absolute atomic E-state index is 0.0222. The van der Waals surface area contributed by atoms with E-state index in [1.165, 1.54) is 7.11 Å². The molecule has 3 N–H and O–H groups in total. The van der Waals surface area contributed by atoms with E-state index in [0.717, 1.165) is 11.0 Å². The van der Waals surface area contributed by atoms with E-state index in [1.807, 2.05) is 0 Å². The first-order valence-electron chi connectivity index (χ1n) is 8.34. The second kappa shape index (κ2) is 6.55. The molecule has 0 fully saturated rings. The number of amidine groups is 1. The van der Waals surface area contributed by atoms with Crippen LogP contribution < -0.4 is 10.5 Å². The number of aliphatic hydroxyl groups is 1. The maximum Gasteiger partial charge on any atom is 0.438 e. The van der Waals surface area contributed by atoms with Crippen LogP contribution in [0.2, 0.25) is 0 Å². The Hall–Kier alpha value is -3.48. The van der Waals surface area contributed by atoms with E-state index in [0.29, 0.717) is 16.3 Å². The second-order valence-corrected chi connectivity index (χ2v) is 6.31. The fourth-order valence-corrected chi connectivity index (χ4v) is 3.04. The summed E-state index contributed by atoms with van der Waals surface area (Å²) in [5, 5.41) is 26.4. The van der Waals surface area contributed by atoms with E-state index in [9.17, 15) is 18.3 Å². The van der Waals surface area contributed by atoms with Crippen molar-refractivity contribution in [1.82, 2.24) is 19.8 Å². The lowest BCUT2D eigenvalue weighted by atomic mass is 10.0. The van der Waals surface area contributed by atoms with Gasteiger partial charge in [-0.25, -0.2) is 4.98 Å². The molecule has 152 valence electrons. The van der Waals surface area contributed by atoms with Crippen molar-refractivity contribution in [3.05, 3.63) is 42.0 Å². The number of halogens is 3. The summed E-state index contributed by atoms with van der Waals surface area (Å²) < 4.78 is 48.1. The van der Waals surface area contributed by atoms with Crippen LogP contribution in [0.1, 0.15) is 17.8 Å². The average Bonchev–Trinajstić information content (AvgIpc) is 3.24. The smallest absolute Gasteiger partial charge is 0.438 e. The minimum Gasteiger partial charge on any atom is -0.496 e. The van der Waals surface area contributed by atoms with Gasteiger partial charge >= 0.3 is 6.18 Å². The molecule has 2 aliphatic rings. The van der Waals surface area contributed by atoms with Gasteiger partial charge < -0.3 is 15.6 Å². The molecule has 2 aromatic rings. The Labute approximate surface area is 161 Å². The second-order valence-electron chi connectivity index (χ2n) is 6.31. The molecule has 10 nitrogen and oxygen atoms in total. The van der Waals surface area contributed by atoms with Crippen molar-refractivity contribution in [2.24, 2.45) is 21.0 Å². The zero-order valence-corrected chi connectivity index (χ0v) is 15.0. The first-order chi connectivity index (χ1) is 13.7. The number of fused-ring (bicyclic) bond motifs is 1. The van der Waals surface area contributed by atoms with Crippen molar-refractivity contribution >= 4 is 17.5 Å². The number of methoxy groups -OCH3 is 1. The number of aromatic nitrogens is 3. The third kappa shape index (κ3) is 2.99. The normalized spacial score (nSPS) is 21.8. The monoisotopic (exact) mass is 408 g/mol. The Kier molecular flexibility index (Phi) is 4.26. The van der Waals surface area contributed by atoms with Gasteiger partial charge in [0.25, 0.3) is 11.7 Å². The van der Waals surface area contributed by atoms with Gasteiger partial charge in [-0.1, -0.05) is 12.1 Å². The number of para-hydroxylation sites is 1. The molecule has 0 saturated carbocycles. The van der Waals surface area contributed by atoms with Crippen LogP contribution in [-0.2, 0) is 6.42 Å². The molecular formula is C16H15F3N8O2. The number of benzene rings is 1. The molecular weight excluding hydrogens is 393 g/mol. The molecule has 2 aliphatic heterocycles. The van der Waals surface area contributed by atoms with Crippen LogP contribution in [0.3, 0.4) is 0 Å². The molecule has 0 spiro atoms. The van der Waals surface area contributed by atoms with Crippen molar-refractivity contribution in [1.29, 1.82) is 0 Å². The van der Waals surface area contributed by atoms with Gasteiger partial charge in [0.15, 0.2) is 0 Å². The zero-order chi connectivity index (χ0) is 20.8.